The maximum Gasteiger partial charge on any atom is 0.243 e. The van der Waals surface area contributed by atoms with E-state index in [0.717, 1.165) is 0 Å². The van der Waals surface area contributed by atoms with Gasteiger partial charge in [-0.2, -0.15) is 0 Å². The lowest BCUT2D eigenvalue weighted by atomic mass is 9.80. The van der Waals surface area contributed by atoms with E-state index in [2.05, 4.69) is 5.32 Å². The van der Waals surface area contributed by atoms with Crippen molar-refractivity contribution in [2.24, 2.45) is 11.7 Å². The number of hydrogen-bond donors (Lipinski definition) is 2. The van der Waals surface area contributed by atoms with Gasteiger partial charge in [0.2, 0.25) is 5.91 Å². The number of primary amides is 1. The highest BCUT2D eigenvalue weighted by Crippen LogP contribution is 2.30. The van der Waals surface area contributed by atoms with E-state index in [9.17, 15) is 9.18 Å². The third kappa shape index (κ3) is 2.31. The maximum atomic E-state index is 12.9. The molecule has 18 heavy (non-hydrogen) atoms. The smallest absolute Gasteiger partial charge is 0.243 e. The Kier molecular flexibility index (Phi) is 3.52. The van der Waals surface area contributed by atoms with E-state index < -0.39 is 11.4 Å². The van der Waals surface area contributed by atoms with Crippen LogP contribution >= 0.6 is 0 Å². The van der Waals surface area contributed by atoms with E-state index in [-0.39, 0.29) is 11.7 Å². The van der Waals surface area contributed by atoms with Gasteiger partial charge in [0, 0.05) is 24.6 Å². The summed E-state index contributed by atoms with van der Waals surface area (Å²) in [6.07, 6.45) is 0.515. The van der Waals surface area contributed by atoms with Gasteiger partial charge < -0.3 is 15.8 Å². The molecule has 1 fully saturated rings. The first-order chi connectivity index (χ1) is 8.54. The van der Waals surface area contributed by atoms with E-state index in [1.165, 1.54) is 12.1 Å². The highest BCUT2D eigenvalue weighted by molar-refractivity contribution is 5.88. The molecule has 1 aromatic carbocycles. The average molecular weight is 252 g/mol. The molecule has 1 aliphatic rings. The molecule has 2 unspecified atom stereocenters. The van der Waals surface area contributed by atoms with Crippen molar-refractivity contribution in [2.45, 2.75) is 18.9 Å². The van der Waals surface area contributed by atoms with Gasteiger partial charge in [-0.3, -0.25) is 4.79 Å². The first-order valence-corrected chi connectivity index (χ1v) is 5.96. The predicted molar refractivity (Wildman–Crippen MR) is 66.5 cm³/mol. The zero-order valence-corrected chi connectivity index (χ0v) is 10.3. The van der Waals surface area contributed by atoms with Crippen LogP contribution < -0.4 is 11.1 Å². The van der Waals surface area contributed by atoms with Crippen molar-refractivity contribution in [2.75, 3.05) is 18.5 Å². The zero-order valence-electron chi connectivity index (χ0n) is 10.3. The number of benzene rings is 1. The quantitative estimate of drug-likeness (QED) is 0.857. The van der Waals surface area contributed by atoms with Gasteiger partial charge in [-0.1, -0.05) is 6.92 Å². The number of carbonyl (C=O) groups excluding carboxylic acids is 1. The Balaban J connectivity index is 2.25. The number of amides is 1. The number of nitrogens with two attached hydrogens (primary N) is 1. The van der Waals surface area contributed by atoms with Crippen LogP contribution in [0.4, 0.5) is 10.1 Å². The van der Waals surface area contributed by atoms with Crippen molar-refractivity contribution in [3.63, 3.8) is 0 Å². The molecule has 5 heteroatoms. The Labute approximate surface area is 105 Å². The third-order valence-corrected chi connectivity index (χ3v) is 3.50. The van der Waals surface area contributed by atoms with Gasteiger partial charge in [0.1, 0.15) is 11.4 Å². The van der Waals surface area contributed by atoms with Crippen molar-refractivity contribution in [3.8, 4) is 0 Å². The normalized spacial score (nSPS) is 27.8. The van der Waals surface area contributed by atoms with E-state index in [4.69, 9.17) is 10.5 Å². The summed E-state index contributed by atoms with van der Waals surface area (Å²) in [4.78, 5) is 11.8. The molecule has 98 valence electrons. The van der Waals surface area contributed by atoms with Crippen LogP contribution in [0.15, 0.2) is 24.3 Å². The second kappa shape index (κ2) is 4.94. The van der Waals surface area contributed by atoms with E-state index in [1.54, 1.807) is 12.1 Å². The highest BCUT2D eigenvalue weighted by atomic mass is 19.1. The summed E-state index contributed by atoms with van der Waals surface area (Å²) in [6.45, 7) is 2.89. The first-order valence-electron chi connectivity index (χ1n) is 5.96. The topological polar surface area (TPSA) is 64.3 Å². The van der Waals surface area contributed by atoms with Crippen molar-refractivity contribution < 1.29 is 13.9 Å². The molecule has 0 radical (unpaired) electrons. The summed E-state index contributed by atoms with van der Waals surface area (Å²) >= 11 is 0. The summed E-state index contributed by atoms with van der Waals surface area (Å²) < 4.78 is 18.2. The van der Waals surface area contributed by atoms with Crippen molar-refractivity contribution in [3.05, 3.63) is 30.1 Å². The van der Waals surface area contributed by atoms with Crippen molar-refractivity contribution >= 4 is 11.6 Å². The largest absolute Gasteiger partial charge is 0.381 e. The molecule has 1 saturated heterocycles. The van der Waals surface area contributed by atoms with Crippen LogP contribution in [0.25, 0.3) is 0 Å². The summed E-state index contributed by atoms with van der Waals surface area (Å²) in [6, 6.07) is 5.90. The van der Waals surface area contributed by atoms with Crippen LogP contribution in [0.5, 0.6) is 0 Å². The standard InChI is InChI=1S/C13H17FN2O2/c1-9-8-18-7-6-13(9,12(15)17)16-11-4-2-10(14)3-5-11/h2-5,9,16H,6-8H2,1H3,(H2,15,17). The number of ether oxygens (including phenoxy) is 1. The lowest BCUT2D eigenvalue weighted by Gasteiger charge is -2.41. The number of halogens is 1. The van der Waals surface area contributed by atoms with Crippen molar-refractivity contribution in [1.29, 1.82) is 0 Å². The van der Waals surface area contributed by atoms with Gasteiger partial charge in [-0.15, -0.1) is 0 Å². The second-order valence-electron chi connectivity index (χ2n) is 4.69. The van der Waals surface area contributed by atoms with E-state index >= 15 is 0 Å². The minimum atomic E-state index is -0.823. The minimum absolute atomic E-state index is 0.0335. The Hall–Kier alpha value is -1.62. The molecule has 0 spiro atoms. The summed E-state index contributed by atoms with van der Waals surface area (Å²) in [5.41, 5.74) is 5.40. The second-order valence-corrected chi connectivity index (χ2v) is 4.69. The molecule has 2 atom stereocenters. The van der Waals surface area contributed by atoms with Gasteiger partial charge in [0.05, 0.1) is 6.61 Å². The number of rotatable bonds is 3. The van der Waals surface area contributed by atoms with Gasteiger partial charge in [0.25, 0.3) is 0 Å². The Morgan fingerprint density at radius 3 is 2.72 bits per heavy atom. The van der Waals surface area contributed by atoms with Crippen molar-refractivity contribution in [1.82, 2.24) is 0 Å². The van der Waals surface area contributed by atoms with Gasteiger partial charge in [-0.25, -0.2) is 4.39 Å². The van der Waals surface area contributed by atoms with E-state index in [0.29, 0.717) is 25.3 Å². The fraction of sp³-hybridized carbons (Fsp3) is 0.462. The maximum absolute atomic E-state index is 12.9. The van der Waals surface area contributed by atoms with Gasteiger partial charge >= 0.3 is 0 Å². The number of hydrogen-bond acceptors (Lipinski definition) is 3. The van der Waals surface area contributed by atoms with E-state index in [1.807, 2.05) is 6.92 Å². The van der Waals surface area contributed by atoms with Crippen LogP contribution in [0.1, 0.15) is 13.3 Å². The Bertz CT molecular complexity index is 435. The lowest BCUT2D eigenvalue weighted by molar-refractivity contribution is -0.128. The highest BCUT2D eigenvalue weighted by Gasteiger charge is 2.44. The summed E-state index contributed by atoms with van der Waals surface area (Å²) in [7, 11) is 0. The zero-order chi connectivity index (χ0) is 13.2. The molecule has 0 aliphatic carbocycles. The fourth-order valence-electron chi connectivity index (χ4n) is 2.29. The van der Waals surface area contributed by atoms with Crippen LogP contribution in [-0.2, 0) is 9.53 Å². The minimum Gasteiger partial charge on any atom is -0.381 e. The molecule has 4 nitrogen and oxygen atoms in total. The molecule has 1 aromatic rings. The fourth-order valence-corrected chi connectivity index (χ4v) is 2.29. The van der Waals surface area contributed by atoms with Crippen LogP contribution in [0, 0.1) is 11.7 Å². The number of nitrogens with one attached hydrogen (secondary N) is 1. The number of carbonyl (C=O) groups is 1. The summed E-state index contributed by atoms with van der Waals surface area (Å²) in [5, 5.41) is 3.15. The molecular formula is C13H17FN2O2. The molecule has 1 amide bonds. The van der Waals surface area contributed by atoms with Crippen LogP contribution in [-0.4, -0.2) is 24.7 Å². The third-order valence-electron chi connectivity index (χ3n) is 3.50. The SMILES string of the molecule is CC1COCCC1(Nc1ccc(F)cc1)C(N)=O. The molecule has 3 N–H and O–H groups in total. The lowest BCUT2D eigenvalue weighted by Crippen LogP contribution is -2.59. The first kappa shape index (κ1) is 12.8. The molecule has 0 aromatic heterocycles. The van der Waals surface area contributed by atoms with Gasteiger partial charge in [-0.05, 0) is 24.3 Å². The molecular weight excluding hydrogens is 235 g/mol. The van der Waals surface area contributed by atoms with Gasteiger partial charge in [0.15, 0.2) is 0 Å². The predicted octanol–water partition coefficient (Wildman–Crippen LogP) is 1.52. The molecule has 2 rings (SSSR count). The Morgan fingerprint density at radius 2 is 2.17 bits per heavy atom. The monoisotopic (exact) mass is 252 g/mol. The molecule has 1 heterocycles. The Morgan fingerprint density at radius 1 is 1.50 bits per heavy atom. The molecule has 1 aliphatic heterocycles. The summed E-state index contributed by atoms with van der Waals surface area (Å²) in [5.74, 6) is -0.745. The van der Waals surface area contributed by atoms with Crippen LogP contribution in [0.3, 0.4) is 0 Å². The molecule has 0 bridgehead atoms. The number of anilines is 1. The van der Waals surface area contributed by atoms with Crippen LogP contribution in [0.2, 0.25) is 0 Å². The average Bonchev–Trinajstić information content (AvgIpc) is 2.35. The molecule has 0 saturated carbocycles.